The van der Waals surface area contributed by atoms with Crippen LogP contribution in [-0.4, -0.2) is 28.7 Å². The summed E-state index contributed by atoms with van der Waals surface area (Å²) in [6.07, 6.45) is 0.575. The standard InChI is InChI=1S/C13H12ClFN4O5S/c14-12-8(15)6-17-19(13(12)21)4-3-11(20)18-7-1-2-10(9(16)5-7)25(22,23)24/h1-2,5-6H,3-4,16H2,(H,18,20)(H,22,23,24). The van der Waals surface area contributed by atoms with Gasteiger partial charge in [-0.3, -0.25) is 14.1 Å². The Morgan fingerprint density at radius 1 is 1.44 bits per heavy atom. The number of nitrogens with zero attached hydrogens (tertiary/aromatic N) is 2. The van der Waals surface area contributed by atoms with E-state index in [4.69, 9.17) is 21.9 Å². The number of amides is 1. The number of hydrogen-bond donors (Lipinski definition) is 3. The number of benzene rings is 1. The summed E-state index contributed by atoms with van der Waals surface area (Å²) in [6, 6.07) is 3.42. The lowest BCUT2D eigenvalue weighted by atomic mass is 10.2. The van der Waals surface area contributed by atoms with Gasteiger partial charge in [0.25, 0.3) is 15.7 Å². The van der Waals surface area contributed by atoms with Gasteiger partial charge in [-0.1, -0.05) is 11.6 Å². The van der Waals surface area contributed by atoms with Gasteiger partial charge in [-0.15, -0.1) is 0 Å². The van der Waals surface area contributed by atoms with Gasteiger partial charge in [0.2, 0.25) is 5.91 Å². The van der Waals surface area contributed by atoms with Crippen LogP contribution in [0.15, 0.2) is 34.1 Å². The van der Waals surface area contributed by atoms with Crippen molar-refractivity contribution in [1.29, 1.82) is 0 Å². The maximum Gasteiger partial charge on any atom is 0.296 e. The van der Waals surface area contributed by atoms with E-state index in [-0.39, 0.29) is 24.3 Å². The molecule has 25 heavy (non-hydrogen) atoms. The summed E-state index contributed by atoms with van der Waals surface area (Å²) in [5.41, 5.74) is 4.58. The fourth-order valence-corrected chi connectivity index (χ4v) is 2.64. The predicted octanol–water partition coefficient (Wildman–Crippen LogP) is 0.893. The monoisotopic (exact) mass is 390 g/mol. The molecular weight excluding hydrogens is 379 g/mol. The van der Waals surface area contributed by atoms with Gasteiger partial charge in [0, 0.05) is 12.1 Å². The molecule has 12 heteroatoms. The van der Waals surface area contributed by atoms with Gasteiger partial charge in [-0.25, -0.2) is 9.07 Å². The number of nitrogen functional groups attached to an aromatic ring is 1. The number of nitrogens with two attached hydrogens (primary N) is 1. The zero-order chi connectivity index (χ0) is 18.8. The average molecular weight is 391 g/mol. The molecule has 0 atom stereocenters. The van der Waals surface area contributed by atoms with E-state index in [1.54, 1.807) is 0 Å². The largest absolute Gasteiger partial charge is 0.398 e. The number of aromatic nitrogens is 2. The number of carbonyl (C=O) groups excluding carboxylic acids is 1. The van der Waals surface area contributed by atoms with E-state index >= 15 is 0 Å². The summed E-state index contributed by atoms with van der Waals surface area (Å²) in [6.45, 7) is -0.150. The lowest BCUT2D eigenvalue weighted by Gasteiger charge is -2.09. The summed E-state index contributed by atoms with van der Waals surface area (Å²) >= 11 is 5.46. The van der Waals surface area contributed by atoms with E-state index in [1.807, 2.05) is 0 Å². The number of rotatable bonds is 5. The molecule has 4 N–H and O–H groups in total. The van der Waals surface area contributed by atoms with Crippen molar-refractivity contribution in [3.8, 4) is 0 Å². The number of halogens is 2. The Morgan fingerprint density at radius 2 is 2.12 bits per heavy atom. The van der Waals surface area contributed by atoms with Crippen LogP contribution in [0, 0.1) is 5.82 Å². The Kier molecular flexibility index (Phi) is 5.40. The van der Waals surface area contributed by atoms with Crippen LogP contribution in [0.5, 0.6) is 0 Å². The Bertz CT molecular complexity index is 992. The maximum absolute atomic E-state index is 13.0. The minimum Gasteiger partial charge on any atom is -0.398 e. The summed E-state index contributed by atoms with van der Waals surface area (Å²) in [4.78, 5) is 23.0. The molecule has 0 aliphatic carbocycles. The van der Waals surface area contributed by atoms with Crippen molar-refractivity contribution in [2.24, 2.45) is 0 Å². The smallest absolute Gasteiger partial charge is 0.296 e. The predicted molar refractivity (Wildman–Crippen MR) is 87.4 cm³/mol. The quantitative estimate of drug-likeness (QED) is 0.507. The molecule has 0 aliphatic heterocycles. The van der Waals surface area contributed by atoms with Gasteiger partial charge in [0.05, 0.1) is 18.4 Å². The zero-order valence-electron chi connectivity index (χ0n) is 12.4. The first-order chi connectivity index (χ1) is 11.6. The first-order valence-electron chi connectivity index (χ1n) is 6.67. The van der Waals surface area contributed by atoms with E-state index < -0.39 is 37.3 Å². The average Bonchev–Trinajstić information content (AvgIpc) is 2.51. The fraction of sp³-hybridized carbons (Fsp3) is 0.154. The van der Waals surface area contributed by atoms with Crippen LogP contribution >= 0.6 is 11.6 Å². The molecule has 1 aromatic heterocycles. The van der Waals surface area contributed by atoms with Crippen molar-refractivity contribution in [1.82, 2.24) is 9.78 Å². The lowest BCUT2D eigenvalue weighted by molar-refractivity contribution is -0.116. The van der Waals surface area contributed by atoms with Gasteiger partial charge in [0.1, 0.15) is 9.92 Å². The highest BCUT2D eigenvalue weighted by Gasteiger charge is 2.15. The number of hydrogen-bond acceptors (Lipinski definition) is 6. The summed E-state index contributed by atoms with van der Waals surface area (Å²) in [7, 11) is -4.46. The Labute approximate surface area is 146 Å². The lowest BCUT2D eigenvalue weighted by Crippen LogP contribution is -2.26. The summed E-state index contributed by atoms with van der Waals surface area (Å²) in [5.74, 6) is -1.49. The van der Waals surface area contributed by atoms with Crippen LogP contribution < -0.4 is 16.6 Å². The fourth-order valence-electron chi connectivity index (χ4n) is 1.90. The Morgan fingerprint density at radius 3 is 2.72 bits per heavy atom. The van der Waals surface area contributed by atoms with Crippen molar-refractivity contribution >= 4 is 39.0 Å². The molecule has 9 nitrogen and oxygen atoms in total. The third-order valence-corrected chi connectivity index (χ3v) is 4.33. The van der Waals surface area contributed by atoms with E-state index in [0.717, 1.165) is 23.0 Å². The van der Waals surface area contributed by atoms with Crippen molar-refractivity contribution in [2.75, 3.05) is 11.1 Å². The molecule has 0 saturated heterocycles. The molecule has 134 valence electrons. The van der Waals surface area contributed by atoms with Crippen molar-refractivity contribution in [3.63, 3.8) is 0 Å². The zero-order valence-corrected chi connectivity index (χ0v) is 14.0. The van der Waals surface area contributed by atoms with Gasteiger partial charge in [0.15, 0.2) is 5.82 Å². The van der Waals surface area contributed by atoms with Gasteiger partial charge < -0.3 is 11.1 Å². The van der Waals surface area contributed by atoms with Crippen molar-refractivity contribution in [2.45, 2.75) is 17.9 Å². The maximum atomic E-state index is 13.0. The molecule has 2 rings (SSSR count). The molecule has 2 aromatic rings. The SMILES string of the molecule is Nc1cc(NC(=O)CCn2ncc(F)c(Cl)c2=O)ccc1S(=O)(=O)O. The van der Waals surface area contributed by atoms with Crippen LogP contribution in [-0.2, 0) is 21.5 Å². The van der Waals surface area contributed by atoms with Gasteiger partial charge in [-0.2, -0.15) is 13.5 Å². The van der Waals surface area contributed by atoms with Crippen molar-refractivity contribution < 1.29 is 22.2 Å². The molecule has 0 unspecified atom stereocenters. The first kappa shape index (κ1) is 18.8. The second-order valence-corrected chi connectivity index (χ2v) is 6.63. The van der Waals surface area contributed by atoms with Crippen LogP contribution in [0.25, 0.3) is 0 Å². The van der Waals surface area contributed by atoms with Crippen molar-refractivity contribution in [3.05, 3.63) is 45.6 Å². The van der Waals surface area contributed by atoms with Gasteiger partial charge >= 0.3 is 0 Å². The highest BCUT2D eigenvalue weighted by Crippen LogP contribution is 2.22. The topological polar surface area (TPSA) is 144 Å². The summed E-state index contributed by atoms with van der Waals surface area (Å²) in [5, 5.41) is 5.33. The molecule has 1 heterocycles. The summed E-state index contributed by atoms with van der Waals surface area (Å²) < 4.78 is 44.9. The van der Waals surface area contributed by atoms with Crippen LogP contribution in [0.2, 0.25) is 5.02 Å². The highest BCUT2D eigenvalue weighted by atomic mass is 35.5. The normalized spacial score (nSPS) is 11.3. The van der Waals surface area contributed by atoms with Crippen LogP contribution in [0.4, 0.5) is 15.8 Å². The van der Waals surface area contributed by atoms with E-state index in [2.05, 4.69) is 10.4 Å². The van der Waals surface area contributed by atoms with Crippen LogP contribution in [0.1, 0.15) is 6.42 Å². The molecule has 0 spiro atoms. The Balaban J connectivity index is 2.05. The molecule has 0 aliphatic rings. The van der Waals surface area contributed by atoms with E-state index in [1.165, 1.54) is 6.07 Å². The van der Waals surface area contributed by atoms with Crippen LogP contribution in [0.3, 0.4) is 0 Å². The third kappa shape index (κ3) is 4.53. The third-order valence-electron chi connectivity index (χ3n) is 3.06. The molecular formula is C13H12ClFN4O5S. The highest BCUT2D eigenvalue weighted by molar-refractivity contribution is 7.86. The number of nitrogens with one attached hydrogen (secondary N) is 1. The van der Waals surface area contributed by atoms with E-state index in [9.17, 15) is 22.4 Å². The molecule has 0 fully saturated rings. The second-order valence-electron chi connectivity index (χ2n) is 4.86. The number of carbonyl (C=O) groups is 1. The second kappa shape index (κ2) is 7.17. The minimum absolute atomic E-state index is 0.150. The van der Waals surface area contributed by atoms with E-state index in [0.29, 0.717) is 0 Å². The molecule has 1 amide bonds. The van der Waals surface area contributed by atoms with Gasteiger partial charge in [-0.05, 0) is 18.2 Å². The molecule has 0 radical (unpaired) electrons. The minimum atomic E-state index is -4.46. The first-order valence-corrected chi connectivity index (χ1v) is 8.49. The molecule has 0 saturated carbocycles. The molecule has 1 aromatic carbocycles. The Hall–Kier alpha value is -2.50. The number of aryl methyl sites for hydroxylation is 1. The number of anilines is 2. The molecule has 0 bridgehead atoms.